The molecule has 1 aliphatic rings. The Balaban J connectivity index is 2.38. The van der Waals surface area contributed by atoms with Crippen molar-refractivity contribution < 1.29 is 10.2 Å². The number of hydrogen-bond acceptors (Lipinski definition) is 3. The van der Waals surface area contributed by atoms with Crippen molar-refractivity contribution in [3.63, 3.8) is 0 Å². The van der Waals surface area contributed by atoms with Gasteiger partial charge < -0.3 is 15.5 Å². The van der Waals surface area contributed by atoms with Crippen LogP contribution in [0.5, 0.6) is 0 Å². The second-order valence-corrected chi connectivity index (χ2v) is 4.04. The van der Waals surface area contributed by atoms with Crippen molar-refractivity contribution in [2.24, 2.45) is 0 Å². The molecule has 0 heterocycles. The first-order valence-corrected chi connectivity index (χ1v) is 5.25. The summed E-state index contributed by atoms with van der Waals surface area (Å²) >= 11 is 0. The van der Waals surface area contributed by atoms with E-state index in [1.165, 1.54) is 12.8 Å². The first-order chi connectivity index (χ1) is 6.21. The van der Waals surface area contributed by atoms with Crippen molar-refractivity contribution in [3.8, 4) is 0 Å². The van der Waals surface area contributed by atoms with Gasteiger partial charge in [-0.3, -0.25) is 0 Å². The summed E-state index contributed by atoms with van der Waals surface area (Å²) in [5.74, 6) is 0. The van der Waals surface area contributed by atoms with Gasteiger partial charge in [0.2, 0.25) is 0 Å². The monoisotopic (exact) mass is 187 g/mol. The summed E-state index contributed by atoms with van der Waals surface area (Å²) in [7, 11) is 0. The second-order valence-electron chi connectivity index (χ2n) is 4.04. The van der Waals surface area contributed by atoms with E-state index in [0.29, 0.717) is 0 Å². The van der Waals surface area contributed by atoms with Gasteiger partial charge in [-0.1, -0.05) is 12.8 Å². The lowest BCUT2D eigenvalue weighted by molar-refractivity contribution is 0.0761. The predicted molar refractivity (Wildman–Crippen MR) is 52.6 cm³/mol. The molecule has 13 heavy (non-hydrogen) atoms. The maximum atomic E-state index is 9.68. The number of aliphatic hydroxyl groups is 2. The zero-order valence-corrected chi connectivity index (χ0v) is 8.42. The first kappa shape index (κ1) is 11.0. The highest BCUT2D eigenvalue weighted by atomic mass is 16.3. The Kier molecular flexibility index (Phi) is 4.16. The molecule has 0 amide bonds. The van der Waals surface area contributed by atoms with Crippen LogP contribution < -0.4 is 5.32 Å². The summed E-state index contributed by atoms with van der Waals surface area (Å²) in [5, 5.41) is 21.7. The Morgan fingerprint density at radius 2 is 2.00 bits per heavy atom. The summed E-state index contributed by atoms with van der Waals surface area (Å²) in [4.78, 5) is 0. The topological polar surface area (TPSA) is 52.5 Å². The Hall–Kier alpha value is -0.120. The van der Waals surface area contributed by atoms with Crippen LogP contribution in [0.4, 0.5) is 0 Å². The predicted octanol–water partition coefficient (Wildman–Crippen LogP) is 0.652. The van der Waals surface area contributed by atoms with Crippen LogP contribution in [0.25, 0.3) is 0 Å². The molecule has 3 N–H and O–H groups in total. The molecule has 1 saturated carbocycles. The molecule has 0 aromatic carbocycles. The molecule has 0 aromatic heterocycles. The van der Waals surface area contributed by atoms with Crippen LogP contribution in [0.15, 0.2) is 0 Å². The molecule has 1 rings (SSSR count). The Bertz CT molecular complexity index is 142. The van der Waals surface area contributed by atoms with E-state index in [0.717, 1.165) is 25.8 Å². The van der Waals surface area contributed by atoms with E-state index in [2.05, 4.69) is 5.32 Å². The first-order valence-electron chi connectivity index (χ1n) is 5.25. The molecule has 1 fully saturated rings. The molecule has 0 aromatic rings. The fourth-order valence-electron chi connectivity index (χ4n) is 2.16. The lowest BCUT2D eigenvalue weighted by atomic mass is 9.91. The molecule has 1 unspecified atom stereocenters. The third-order valence-electron chi connectivity index (χ3n) is 3.11. The van der Waals surface area contributed by atoms with E-state index in [1.54, 1.807) is 0 Å². The van der Waals surface area contributed by atoms with Crippen molar-refractivity contribution in [2.75, 3.05) is 13.2 Å². The largest absolute Gasteiger partial charge is 0.396 e. The maximum absolute atomic E-state index is 9.68. The van der Waals surface area contributed by atoms with Gasteiger partial charge >= 0.3 is 0 Å². The van der Waals surface area contributed by atoms with Crippen molar-refractivity contribution in [3.05, 3.63) is 0 Å². The average Bonchev–Trinajstić information content (AvgIpc) is 2.55. The molecule has 0 bridgehead atoms. The van der Waals surface area contributed by atoms with Gasteiger partial charge in [-0.15, -0.1) is 0 Å². The SMILES string of the molecule is CC(O)C1(NCCCO)CCCC1. The highest BCUT2D eigenvalue weighted by Crippen LogP contribution is 2.32. The summed E-state index contributed by atoms with van der Waals surface area (Å²) in [5.41, 5.74) is -0.0603. The molecule has 0 aliphatic heterocycles. The Labute approximate surface area is 80.2 Å². The minimum Gasteiger partial charge on any atom is -0.396 e. The third-order valence-corrected chi connectivity index (χ3v) is 3.11. The van der Waals surface area contributed by atoms with Gasteiger partial charge in [0.1, 0.15) is 0 Å². The van der Waals surface area contributed by atoms with Crippen molar-refractivity contribution in [1.82, 2.24) is 5.32 Å². The van der Waals surface area contributed by atoms with Gasteiger partial charge in [0, 0.05) is 12.1 Å². The highest BCUT2D eigenvalue weighted by molar-refractivity contribution is 4.96. The van der Waals surface area contributed by atoms with Crippen LogP contribution in [-0.4, -0.2) is 35.0 Å². The standard InChI is InChI=1S/C10H21NO2/c1-9(13)10(5-2-3-6-10)11-7-4-8-12/h9,11-13H,2-8H2,1H3. The summed E-state index contributed by atoms with van der Waals surface area (Å²) in [6.45, 7) is 2.89. The number of hydrogen-bond donors (Lipinski definition) is 3. The Morgan fingerprint density at radius 1 is 1.38 bits per heavy atom. The molecular weight excluding hydrogens is 166 g/mol. The van der Waals surface area contributed by atoms with E-state index < -0.39 is 0 Å². The van der Waals surface area contributed by atoms with E-state index in [-0.39, 0.29) is 18.2 Å². The number of rotatable bonds is 5. The van der Waals surface area contributed by atoms with Crippen molar-refractivity contribution >= 4 is 0 Å². The minimum atomic E-state index is -0.284. The van der Waals surface area contributed by atoms with Crippen molar-refractivity contribution in [2.45, 2.75) is 50.7 Å². The fraction of sp³-hybridized carbons (Fsp3) is 1.00. The van der Waals surface area contributed by atoms with Crippen LogP contribution in [0.3, 0.4) is 0 Å². The molecule has 0 radical (unpaired) electrons. The van der Waals surface area contributed by atoms with Gasteiger partial charge in [-0.05, 0) is 32.7 Å². The van der Waals surface area contributed by atoms with Gasteiger partial charge in [-0.25, -0.2) is 0 Å². The third kappa shape index (κ3) is 2.66. The summed E-state index contributed by atoms with van der Waals surface area (Å²) < 4.78 is 0. The molecule has 1 atom stereocenters. The average molecular weight is 187 g/mol. The number of nitrogens with one attached hydrogen (secondary N) is 1. The normalized spacial score (nSPS) is 23.3. The zero-order chi connectivity index (χ0) is 9.73. The minimum absolute atomic E-state index is 0.0603. The van der Waals surface area contributed by atoms with E-state index >= 15 is 0 Å². The summed E-state index contributed by atoms with van der Waals surface area (Å²) in [6, 6.07) is 0. The van der Waals surface area contributed by atoms with Gasteiger partial charge in [0.25, 0.3) is 0 Å². The lowest BCUT2D eigenvalue weighted by Crippen LogP contribution is -2.51. The van der Waals surface area contributed by atoms with E-state index in [1.807, 2.05) is 6.92 Å². The number of aliphatic hydroxyl groups excluding tert-OH is 2. The van der Waals surface area contributed by atoms with Crippen LogP contribution in [0, 0.1) is 0 Å². The highest BCUT2D eigenvalue weighted by Gasteiger charge is 2.37. The second kappa shape index (κ2) is 4.94. The van der Waals surface area contributed by atoms with E-state index in [9.17, 15) is 5.11 Å². The van der Waals surface area contributed by atoms with Crippen LogP contribution >= 0.6 is 0 Å². The van der Waals surface area contributed by atoms with Crippen molar-refractivity contribution in [1.29, 1.82) is 0 Å². The van der Waals surface area contributed by atoms with Gasteiger partial charge in [-0.2, -0.15) is 0 Å². The van der Waals surface area contributed by atoms with Crippen LogP contribution in [-0.2, 0) is 0 Å². The van der Waals surface area contributed by atoms with Crippen LogP contribution in [0.1, 0.15) is 39.0 Å². The molecule has 0 spiro atoms. The molecular formula is C10H21NO2. The van der Waals surface area contributed by atoms with Gasteiger partial charge in [0.15, 0.2) is 0 Å². The van der Waals surface area contributed by atoms with Gasteiger partial charge in [0.05, 0.1) is 6.10 Å². The molecule has 78 valence electrons. The smallest absolute Gasteiger partial charge is 0.0693 e. The van der Waals surface area contributed by atoms with E-state index in [4.69, 9.17) is 5.11 Å². The molecule has 3 heteroatoms. The quantitative estimate of drug-likeness (QED) is 0.554. The summed E-state index contributed by atoms with van der Waals surface area (Å²) in [6.07, 6.45) is 5.03. The maximum Gasteiger partial charge on any atom is 0.0693 e. The fourth-order valence-corrected chi connectivity index (χ4v) is 2.16. The zero-order valence-electron chi connectivity index (χ0n) is 8.42. The Morgan fingerprint density at radius 3 is 2.46 bits per heavy atom. The molecule has 0 saturated heterocycles. The molecule has 3 nitrogen and oxygen atoms in total. The van der Waals surface area contributed by atoms with Crippen LogP contribution in [0.2, 0.25) is 0 Å². The lowest BCUT2D eigenvalue weighted by Gasteiger charge is -2.33. The molecule has 1 aliphatic carbocycles.